The highest BCUT2D eigenvalue weighted by atomic mass is 79.9. The van der Waals surface area contributed by atoms with Crippen LogP contribution in [0.4, 0.5) is 15.0 Å². The predicted molar refractivity (Wildman–Crippen MR) is 97.2 cm³/mol. The van der Waals surface area contributed by atoms with Gasteiger partial charge in [-0.15, -0.1) is 0 Å². The molecule has 0 bridgehead atoms. The maximum Gasteiger partial charge on any atom is 0.410 e. The first kappa shape index (κ1) is 17.8. The van der Waals surface area contributed by atoms with Crippen LogP contribution in [0.5, 0.6) is 0 Å². The standard InChI is InChI=1S/C17H20BrFN4O2/c1-17(2,3)25-16(24)23-8-6-22(7-9-23)15-11-4-5-12(18)13(19)14(11)20-10-21-15/h4-5,10H,6-9H2,1-3H3. The maximum absolute atomic E-state index is 14.2. The van der Waals surface area contributed by atoms with E-state index in [0.29, 0.717) is 41.9 Å². The Bertz CT molecular complexity index is 801. The van der Waals surface area contributed by atoms with E-state index in [1.165, 1.54) is 6.33 Å². The van der Waals surface area contributed by atoms with Crippen molar-refractivity contribution in [3.63, 3.8) is 0 Å². The van der Waals surface area contributed by atoms with Crippen LogP contribution in [0.25, 0.3) is 10.9 Å². The molecule has 134 valence electrons. The van der Waals surface area contributed by atoms with Gasteiger partial charge in [0.05, 0.1) is 4.47 Å². The molecule has 0 N–H and O–H groups in total. The van der Waals surface area contributed by atoms with E-state index in [9.17, 15) is 9.18 Å². The van der Waals surface area contributed by atoms with Crippen molar-refractivity contribution in [1.82, 2.24) is 14.9 Å². The molecule has 3 rings (SSSR count). The minimum Gasteiger partial charge on any atom is -0.444 e. The third-order valence-electron chi connectivity index (χ3n) is 3.91. The average Bonchev–Trinajstić information content (AvgIpc) is 2.56. The molecule has 1 aliphatic rings. The molecule has 0 spiro atoms. The van der Waals surface area contributed by atoms with E-state index in [-0.39, 0.29) is 11.6 Å². The highest BCUT2D eigenvalue weighted by molar-refractivity contribution is 9.10. The van der Waals surface area contributed by atoms with Gasteiger partial charge in [-0.2, -0.15) is 0 Å². The molecule has 1 amide bonds. The topological polar surface area (TPSA) is 58.6 Å². The third-order valence-corrected chi connectivity index (χ3v) is 4.52. The summed E-state index contributed by atoms with van der Waals surface area (Å²) >= 11 is 3.18. The van der Waals surface area contributed by atoms with Gasteiger partial charge in [-0.05, 0) is 48.8 Å². The van der Waals surface area contributed by atoms with E-state index < -0.39 is 11.4 Å². The molecule has 1 saturated heterocycles. The minimum absolute atomic E-state index is 0.286. The smallest absolute Gasteiger partial charge is 0.410 e. The van der Waals surface area contributed by atoms with Crippen LogP contribution in [-0.2, 0) is 4.74 Å². The molecule has 25 heavy (non-hydrogen) atoms. The number of anilines is 1. The number of nitrogens with zero attached hydrogens (tertiary/aromatic N) is 4. The zero-order valence-electron chi connectivity index (χ0n) is 14.4. The van der Waals surface area contributed by atoms with Crippen LogP contribution in [0, 0.1) is 5.82 Å². The summed E-state index contributed by atoms with van der Waals surface area (Å²) in [6.07, 6.45) is 1.06. The number of aromatic nitrogens is 2. The Hall–Kier alpha value is -1.96. The first-order valence-electron chi connectivity index (χ1n) is 8.08. The normalized spacial score (nSPS) is 15.6. The Morgan fingerprint density at radius 2 is 1.88 bits per heavy atom. The van der Waals surface area contributed by atoms with Crippen molar-refractivity contribution in [3.8, 4) is 0 Å². The van der Waals surface area contributed by atoms with Gasteiger partial charge in [-0.3, -0.25) is 0 Å². The van der Waals surface area contributed by atoms with Gasteiger partial charge >= 0.3 is 6.09 Å². The monoisotopic (exact) mass is 410 g/mol. The van der Waals surface area contributed by atoms with Crippen molar-refractivity contribution in [1.29, 1.82) is 0 Å². The van der Waals surface area contributed by atoms with E-state index in [1.54, 1.807) is 17.0 Å². The van der Waals surface area contributed by atoms with Crippen molar-refractivity contribution in [2.24, 2.45) is 0 Å². The van der Waals surface area contributed by atoms with Crippen LogP contribution >= 0.6 is 15.9 Å². The number of benzene rings is 1. The van der Waals surface area contributed by atoms with Crippen LogP contribution in [0.1, 0.15) is 20.8 Å². The molecule has 1 fully saturated rings. The molecule has 1 aromatic carbocycles. The summed E-state index contributed by atoms with van der Waals surface area (Å²) in [5.41, 5.74) is -0.226. The van der Waals surface area contributed by atoms with E-state index in [2.05, 4.69) is 25.9 Å². The van der Waals surface area contributed by atoms with Gasteiger partial charge in [0.2, 0.25) is 0 Å². The summed E-state index contributed by atoms with van der Waals surface area (Å²) < 4.78 is 20.0. The number of ether oxygens (including phenoxy) is 1. The first-order chi connectivity index (χ1) is 11.8. The number of hydrogen-bond donors (Lipinski definition) is 0. The molecule has 0 saturated carbocycles. The van der Waals surface area contributed by atoms with Gasteiger partial charge < -0.3 is 14.5 Å². The Kier molecular flexibility index (Phi) is 4.81. The van der Waals surface area contributed by atoms with Crippen LogP contribution in [0.2, 0.25) is 0 Å². The van der Waals surface area contributed by atoms with Gasteiger partial charge in [-0.25, -0.2) is 19.2 Å². The SMILES string of the molecule is CC(C)(C)OC(=O)N1CCN(c2ncnc3c(F)c(Br)ccc23)CC1. The fourth-order valence-corrected chi connectivity index (χ4v) is 3.06. The summed E-state index contributed by atoms with van der Waals surface area (Å²) in [6.45, 7) is 7.80. The van der Waals surface area contributed by atoms with Crippen LogP contribution in [-0.4, -0.2) is 52.7 Å². The van der Waals surface area contributed by atoms with Crippen molar-refractivity contribution in [2.75, 3.05) is 31.1 Å². The second-order valence-electron chi connectivity index (χ2n) is 6.91. The number of hydrogen-bond acceptors (Lipinski definition) is 5. The van der Waals surface area contributed by atoms with Gasteiger partial charge in [0.15, 0.2) is 5.82 Å². The Balaban J connectivity index is 1.77. The molecule has 0 aliphatic carbocycles. The molecular formula is C17H20BrFN4O2. The molecule has 0 atom stereocenters. The van der Waals surface area contributed by atoms with E-state index in [0.717, 1.165) is 0 Å². The Labute approximate surface area is 154 Å². The van der Waals surface area contributed by atoms with Gasteiger partial charge in [0.25, 0.3) is 0 Å². The van der Waals surface area contributed by atoms with Gasteiger partial charge in [0, 0.05) is 31.6 Å². The number of halogens is 2. The van der Waals surface area contributed by atoms with Crippen molar-refractivity contribution < 1.29 is 13.9 Å². The molecular weight excluding hydrogens is 391 g/mol. The molecule has 8 heteroatoms. The number of fused-ring (bicyclic) bond motifs is 1. The van der Waals surface area contributed by atoms with Crippen LogP contribution in [0.15, 0.2) is 22.9 Å². The molecule has 1 aromatic heterocycles. The van der Waals surface area contributed by atoms with E-state index in [4.69, 9.17) is 4.74 Å². The number of amides is 1. The van der Waals surface area contributed by atoms with Crippen molar-refractivity contribution in [2.45, 2.75) is 26.4 Å². The summed E-state index contributed by atoms with van der Waals surface area (Å²) in [7, 11) is 0. The minimum atomic E-state index is -0.512. The van der Waals surface area contributed by atoms with Crippen LogP contribution in [0.3, 0.4) is 0 Å². The third kappa shape index (κ3) is 3.84. The van der Waals surface area contributed by atoms with E-state index >= 15 is 0 Å². The second kappa shape index (κ2) is 6.74. The lowest BCUT2D eigenvalue weighted by molar-refractivity contribution is 0.0240. The Morgan fingerprint density at radius 1 is 1.20 bits per heavy atom. The van der Waals surface area contributed by atoms with Crippen LogP contribution < -0.4 is 4.90 Å². The maximum atomic E-state index is 14.2. The number of carbonyl (C=O) groups excluding carboxylic acids is 1. The lowest BCUT2D eigenvalue weighted by atomic mass is 10.2. The number of rotatable bonds is 1. The van der Waals surface area contributed by atoms with Gasteiger partial charge in [0.1, 0.15) is 23.3 Å². The first-order valence-corrected chi connectivity index (χ1v) is 8.87. The molecule has 2 heterocycles. The largest absolute Gasteiger partial charge is 0.444 e. The lowest BCUT2D eigenvalue weighted by Crippen LogP contribution is -2.50. The number of piperazine rings is 1. The number of carbonyl (C=O) groups is 1. The zero-order chi connectivity index (χ0) is 18.2. The van der Waals surface area contributed by atoms with Crippen molar-refractivity contribution in [3.05, 3.63) is 28.7 Å². The molecule has 2 aromatic rings. The van der Waals surface area contributed by atoms with Gasteiger partial charge in [-0.1, -0.05) is 0 Å². The van der Waals surface area contributed by atoms with Crippen molar-refractivity contribution >= 4 is 38.7 Å². The predicted octanol–water partition coefficient (Wildman–Crippen LogP) is 3.59. The average molecular weight is 411 g/mol. The second-order valence-corrected chi connectivity index (χ2v) is 7.76. The fraction of sp³-hybridized carbons (Fsp3) is 0.471. The van der Waals surface area contributed by atoms with E-state index in [1.807, 2.05) is 25.7 Å². The molecule has 0 unspecified atom stereocenters. The summed E-state index contributed by atoms with van der Waals surface area (Å²) in [5, 5.41) is 0.661. The fourth-order valence-electron chi connectivity index (χ4n) is 2.74. The highest BCUT2D eigenvalue weighted by Crippen LogP contribution is 2.29. The summed E-state index contributed by atoms with van der Waals surface area (Å²) in [5.74, 6) is 0.286. The Morgan fingerprint density at radius 3 is 2.52 bits per heavy atom. The lowest BCUT2D eigenvalue weighted by Gasteiger charge is -2.36. The molecule has 0 radical (unpaired) electrons. The highest BCUT2D eigenvalue weighted by Gasteiger charge is 2.27. The zero-order valence-corrected chi connectivity index (χ0v) is 16.0. The summed E-state index contributed by atoms with van der Waals surface area (Å²) in [6, 6.07) is 3.46. The molecule has 6 nitrogen and oxygen atoms in total. The molecule has 1 aliphatic heterocycles. The summed E-state index contributed by atoms with van der Waals surface area (Å²) in [4.78, 5) is 24.3. The quantitative estimate of drug-likeness (QED) is 0.718.